The van der Waals surface area contributed by atoms with Crippen molar-refractivity contribution in [3.8, 4) is 0 Å². The Kier molecular flexibility index (Phi) is 61.9. The molecule has 3 atom stereocenters. The first-order valence-corrected chi connectivity index (χ1v) is 33.1. The summed E-state index contributed by atoms with van der Waals surface area (Å²) in [7, 11) is 0. The summed E-state index contributed by atoms with van der Waals surface area (Å²) in [4.78, 5) is 12.6. The standard InChI is InChI=1S/C69H129NO4/c1-3-5-7-9-11-13-15-17-19-21-23-25-27-29-30-31-32-33-34-35-36-37-38-39-40-42-44-46-48-50-52-54-56-58-60-62-64-68(73)69(74)70-66(65-71)67(72)63-61-59-57-55-53-51-49-47-45-43-41-28-26-24-22-20-18-16-14-12-10-8-6-4-2/h30-31,33-34,45,47,53,55,61,63,66-68,71-73H,3-29,32,35-44,46,48-52,54,56-60,62,64-65H2,1-2H3,(H,70,74)/b31-30-,34-33-,47-45+,55-53+,63-61+. The van der Waals surface area contributed by atoms with E-state index in [2.05, 4.69) is 67.8 Å². The quantitative estimate of drug-likeness (QED) is 0.0361. The third kappa shape index (κ3) is 57.7. The lowest BCUT2D eigenvalue weighted by atomic mass is 10.0. The van der Waals surface area contributed by atoms with Crippen molar-refractivity contribution in [1.82, 2.24) is 5.32 Å². The van der Waals surface area contributed by atoms with Crippen LogP contribution >= 0.6 is 0 Å². The third-order valence-electron chi connectivity index (χ3n) is 15.3. The van der Waals surface area contributed by atoms with Gasteiger partial charge in [0.15, 0.2) is 0 Å². The average molecular weight is 1040 g/mol. The Morgan fingerprint density at radius 2 is 0.595 bits per heavy atom. The van der Waals surface area contributed by atoms with Crippen LogP contribution in [0.3, 0.4) is 0 Å². The summed E-state index contributed by atoms with van der Waals surface area (Å²) in [6, 6.07) is -0.824. The van der Waals surface area contributed by atoms with Crippen LogP contribution in [-0.2, 0) is 4.79 Å². The smallest absolute Gasteiger partial charge is 0.249 e. The average Bonchev–Trinajstić information content (AvgIpc) is 3.41. The fourth-order valence-electron chi connectivity index (χ4n) is 10.2. The molecule has 0 heterocycles. The van der Waals surface area contributed by atoms with E-state index in [1.54, 1.807) is 6.08 Å². The van der Waals surface area contributed by atoms with Crippen molar-refractivity contribution in [2.24, 2.45) is 0 Å². The first kappa shape index (κ1) is 72.0. The Morgan fingerprint density at radius 3 is 0.905 bits per heavy atom. The van der Waals surface area contributed by atoms with Crippen molar-refractivity contribution >= 4 is 5.91 Å². The maximum Gasteiger partial charge on any atom is 0.249 e. The van der Waals surface area contributed by atoms with E-state index in [1.807, 2.05) is 6.08 Å². The number of carbonyl (C=O) groups excluding carboxylic acids is 1. The number of allylic oxidation sites excluding steroid dienone is 9. The molecule has 0 aliphatic carbocycles. The van der Waals surface area contributed by atoms with Gasteiger partial charge in [0.1, 0.15) is 6.10 Å². The number of amides is 1. The van der Waals surface area contributed by atoms with E-state index in [4.69, 9.17) is 0 Å². The number of hydrogen-bond acceptors (Lipinski definition) is 4. The van der Waals surface area contributed by atoms with Gasteiger partial charge in [-0.2, -0.15) is 0 Å². The van der Waals surface area contributed by atoms with Crippen LogP contribution in [0.4, 0.5) is 0 Å². The molecular weight excluding hydrogens is 907 g/mol. The largest absolute Gasteiger partial charge is 0.394 e. The molecule has 0 aromatic carbocycles. The van der Waals surface area contributed by atoms with Crippen molar-refractivity contribution in [2.75, 3.05) is 6.61 Å². The first-order chi connectivity index (χ1) is 36.6. The van der Waals surface area contributed by atoms with Gasteiger partial charge >= 0.3 is 0 Å². The number of hydrogen-bond donors (Lipinski definition) is 4. The number of aliphatic hydroxyl groups is 3. The van der Waals surface area contributed by atoms with Crippen molar-refractivity contribution in [2.45, 2.75) is 366 Å². The Bertz CT molecular complexity index is 1240. The van der Waals surface area contributed by atoms with Gasteiger partial charge in [-0.3, -0.25) is 4.79 Å². The second-order valence-corrected chi connectivity index (χ2v) is 22.7. The summed E-state index contributed by atoms with van der Waals surface area (Å²) < 4.78 is 0. The molecule has 3 unspecified atom stereocenters. The topological polar surface area (TPSA) is 89.8 Å². The van der Waals surface area contributed by atoms with Crippen LogP contribution in [0.15, 0.2) is 60.8 Å². The van der Waals surface area contributed by atoms with Gasteiger partial charge in [-0.25, -0.2) is 0 Å². The van der Waals surface area contributed by atoms with Gasteiger partial charge in [-0.15, -0.1) is 0 Å². The Hall–Kier alpha value is -1.95. The fourth-order valence-corrected chi connectivity index (χ4v) is 10.2. The predicted octanol–water partition coefficient (Wildman–Crippen LogP) is 21.3. The summed E-state index contributed by atoms with van der Waals surface area (Å²) in [6.45, 7) is 4.20. The van der Waals surface area contributed by atoms with Gasteiger partial charge < -0.3 is 20.6 Å². The normalized spacial score (nSPS) is 13.5. The highest BCUT2D eigenvalue weighted by Crippen LogP contribution is 2.18. The second kappa shape index (κ2) is 63.6. The van der Waals surface area contributed by atoms with Crippen LogP contribution in [0.5, 0.6) is 0 Å². The molecule has 0 aromatic rings. The zero-order valence-electron chi connectivity index (χ0n) is 49.7. The minimum absolute atomic E-state index is 0.381. The van der Waals surface area contributed by atoms with Crippen molar-refractivity contribution in [3.05, 3.63) is 60.8 Å². The zero-order valence-corrected chi connectivity index (χ0v) is 49.7. The third-order valence-corrected chi connectivity index (χ3v) is 15.3. The van der Waals surface area contributed by atoms with Gasteiger partial charge in [-0.05, 0) is 77.0 Å². The molecule has 5 heteroatoms. The molecule has 0 spiro atoms. The fraction of sp³-hybridized carbons (Fsp3) is 0.841. The Balaban J connectivity index is 3.57. The van der Waals surface area contributed by atoms with E-state index in [1.165, 1.54) is 276 Å². The highest BCUT2D eigenvalue weighted by atomic mass is 16.3. The van der Waals surface area contributed by atoms with Crippen LogP contribution in [-0.4, -0.2) is 46.1 Å². The summed E-state index contributed by atoms with van der Waals surface area (Å²) in [6.07, 6.45) is 87.8. The van der Waals surface area contributed by atoms with Crippen LogP contribution in [0.25, 0.3) is 0 Å². The van der Waals surface area contributed by atoms with Crippen molar-refractivity contribution < 1.29 is 20.1 Å². The Morgan fingerprint density at radius 1 is 0.338 bits per heavy atom. The summed E-state index contributed by atoms with van der Waals surface area (Å²) in [5.41, 5.74) is 0. The van der Waals surface area contributed by atoms with Gasteiger partial charge in [0.2, 0.25) is 5.91 Å². The highest BCUT2D eigenvalue weighted by molar-refractivity contribution is 5.80. The molecule has 5 nitrogen and oxygen atoms in total. The monoisotopic (exact) mass is 1040 g/mol. The van der Waals surface area contributed by atoms with Gasteiger partial charge in [0, 0.05) is 0 Å². The van der Waals surface area contributed by atoms with E-state index < -0.39 is 24.2 Å². The molecule has 0 aliphatic heterocycles. The van der Waals surface area contributed by atoms with Gasteiger partial charge in [0.05, 0.1) is 18.8 Å². The predicted molar refractivity (Wildman–Crippen MR) is 328 cm³/mol. The maximum atomic E-state index is 12.6. The van der Waals surface area contributed by atoms with Crippen LogP contribution in [0.2, 0.25) is 0 Å². The molecule has 0 saturated heterocycles. The second-order valence-electron chi connectivity index (χ2n) is 22.7. The summed E-state index contributed by atoms with van der Waals surface area (Å²) in [5, 5.41) is 33.4. The maximum absolute atomic E-state index is 12.6. The van der Waals surface area contributed by atoms with E-state index in [0.29, 0.717) is 6.42 Å². The molecule has 0 bridgehead atoms. The number of carbonyl (C=O) groups is 1. The van der Waals surface area contributed by atoms with Crippen LogP contribution in [0.1, 0.15) is 348 Å². The van der Waals surface area contributed by atoms with Crippen molar-refractivity contribution in [3.63, 3.8) is 0 Å². The lowest BCUT2D eigenvalue weighted by Crippen LogP contribution is -2.48. The van der Waals surface area contributed by atoms with E-state index >= 15 is 0 Å². The molecular formula is C69H129NO4. The molecule has 434 valence electrons. The SMILES string of the molecule is CCCCCCCCCCCCCCC/C=C\C/C=C\CCCCCCCCCCCCCCCCCCC(O)C(=O)NC(CO)C(O)/C=C/CC/C=C/CC/C=C/CCCCCCCCCCCCCCCC. The number of nitrogens with one attached hydrogen (secondary N) is 1. The van der Waals surface area contributed by atoms with E-state index in [0.717, 1.165) is 51.4 Å². The molecule has 74 heavy (non-hydrogen) atoms. The Labute approximate surface area is 462 Å². The van der Waals surface area contributed by atoms with Crippen molar-refractivity contribution in [1.29, 1.82) is 0 Å². The van der Waals surface area contributed by atoms with Crippen LogP contribution in [0, 0.1) is 0 Å². The molecule has 0 fully saturated rings. The molecule has 0 radical (unpaired) electrons. The minimum Gasteiger partial charge on any atom is -0.394 e. The molecule has 4 N–H and O–H groups in total. The van der Waals surface area contributed by atoms with E-state index in [-0.39, 0.29) is 6.61 Å². The lowest BCUT2D eigenvalue weighted by molar-refractivity contribution is -0.131. The number of aliphatic hydroxyl groups excluding tert-OH is 3. The molecule has 0 saturated carbocycles. The lowest BCUT2D eigenvalue weighted by Gasteiger charge is -2.21. The number of unbranched alkanes of at least 4 members (excludes halogenated alkanes) is 45. The molecule has 0 rings (SSSR count). The van der Waals surface area contributed by atoms with Gasteiger partial charge in [0.25, 0.3) is 0 Å². The number of rotatable bonds is 61. The summed E-state index contributed by atoms with van der Waals surface area (Å²) in [5.74, 6) is -0.514. The zero-order chi connectivity index (χ0) is 53.6. The molecule has 1 amide bonds. The molecule has 0 aromatic heterocycles. The van der Waals surface area contributed by atoms with E-state index in [9.17, 15) is 20.1 Å². The van der Waals surface area contributed by atoms with Gasteiger partial charge in [-0.1, -0.05) is 331 Å². The highest BCUT2D eigenvalue weighted by Gasteiger charge is 2.22. The minimum atomic E-state index is -1.11. The summed E-state index contributed by atoms with van der Waals surface area (Å²) >= 11 is 0. The molecule has 0 aliphatic rings. The van der Waals surface area contributed by atoms with Crippen LogP contribution < -0.4 is 5.32 Å². The first-order valence-electron chi connectivity index (χ1n) is 33.1.